The predicted molar refractivity (Wildman–Crippen MR) is 103 cm³/mol. The van der Waals surface area contributed by atoms with Gasteiger partial charge in [0, 0.05) is 28.9 Å². The van der Waals surface area contributed by atoms with Crippen LogP contribution in [0.4, 0.5) is 5.69 Å². The van der Waals surface area contributed by atoms with Crippen LogP contribution in [0.5, 0.6) is 0 Å². The maximum atomic E-state index is 12.4. The molecule has 0 saturated heterocycles. The molecule has 2 heterocycles. The number of pyridine rings is 1. The minimum Gasteiger partial charge on any atom is -0.382 e. The molecule has 1 aliphatic carbocycles. The van der Waals surface area contributed by atoms with Crippen LogP contribution < -0.4 is 10.6 Å². The Morgan fingerprint density at radius 2 is 2.08 bits per heavy atom. The van der Waals surface area contributed by atoms with Gasteiger partial charge in [-0.1, -0.05) is 6.07 Å². The first-order valence-electron chi connectivity index (χ1n) is 9.04. The van der Waals surface area contributed by atoms with Crippen LogP contribution in [-0.2, 0) is 0 Å². The van der Waals surface area contributed by atoms with Crippen LogP contribution in [0, 0.1) is 6.92 Å². The number of nitrogens with one attached hydrogen (secondary N) is 3. The van der Waals surface area contributed by atoms with Crippen LogP contribution in [-0.4, -0.2) is 33.2 Å². The van der Waals surface area contributed by atoms with Gasteiger partial charge in [-0.3, -0.25) is 9.89 Å². The minimum absolute atomic E-state index is 0.0168. The molecule has 1 fully saturated rings. The summed E-state index contributed by atoms with van der Waals surface area (Å²) in [6.45, 7) is 6.23. The standard InChI is InChI=1S/C20H23N5O/c1-11(2)22-18-9-17(24-19-16(18)10-21-25-19)15-8-13(5-4-12(15)3)20(26)23-14-6-7-14/h4-5,8-11,14H,6-7H2,1-3H3,(H,23,26)(H2,21,22,24,25). The second-order valence-electron chi connectivity index (χ2n) is 7.26. The van der Waals surface area contributed by atoms with Gasteiger partial charge in [-0.2, -0.15) is 5.10 Å². The Labute approximate surface area is 152 Å². The summed E-state index contributed by atoms with van der Waals surface area (Å²) in [6, 6.07) is 8.44. The molecule has 26 heavy (non-hydrogen) atoms. The highest BCUT2D eigenvalue weighted by Crippen LogP contribution is 2.30. The first-order chi connectivity index (χ1) is 12.5. The molecule has 1 aromatic carbocycles. The van der Waals surface area contributed by atoms with Gasteiger partial charge in [0.1, 0.15) is 0 Å². The normalized spacial score (nSPS) is 14.0. The fourth-order valence-corrected chi connectivity index (χ4v) is 3.03. The second-order valence-corrected chi connectivity index (χ2v) is 7.26. The zero-order chi connectivity index (χ0) is 18.3. The molecule has 0 atom stereocenters. The van der Waals surface area contributed by atoms with Crippen molar-refractivity contribution in [3.05, 3.63) is 41.6 Å². The number of nitrogens with zero attached hydrogens (tertiary/aromatic N) is 2. The summed E-state index contributed by atoms with van der Waals surface area (Å²) in [7, 11) is 0. The fourth-order valence-electron chi connectivity index (χ4n) is 3.03. The van der Waals surface area contributed by atoms with Gasteiger partial charge in [-0.15, -0.1) is 0 Å². The number of aromatic nitrogens is 3. The number of H-pyrrole nitrogens is 1. The Morgan fingerprint density at radius 1 is 1.27 bits per heavy atom. The summed E-state index contributed by atoms with van der Waals surface area (Å²) < 4.78 is 0. The third-order valence-corrected chi connectivity index (χ3v) is 4.56. The quantitative estimate of drug-likeness (QED) is 0.657. The number of amides is 1. The summed E-state index contributed by atoms with van der Waals surface area (Å²) in [5.74, 6) is -0.0168. The summed E-state index contributed by atoms with van der Waals surface area (Å²) in [4.78, 5) is 17.1. The van der Waals surface area contributed by atoms with E-state index >= 15 is 0 Å². The molecule has 0 spiro atoms. The molecule has 0 radical (unpaired) electrons. The van der Waals surface area contributed by atoms with E-state index < -0.39 is 0 Å². The molecule has 1 amide bonds. The Balaban J connectivity index is 1.77. The Kier molecular flexibility index (Phi) is 4.11. The average Bonchev–Trinajstić information content (AvgIpc) is 3.27. The topological polar surface area (TPSA) is 82.7 Å². The number of carbonyl (C=O) groups is 1. The first kappa shape index (κ1) is 16.6. The molecule has 1 saturated carbocycles. The van der Waals surface area contributed by atoms with Gasteiger partial charge in [0.15, 0.2) is 5.65 Å². The van der Waals surface area contributed by atoms with Crippen LogP contribution >= 0.6 is 0 Å². The lowest BCUT2D eigenvalue weighted by molar-refractivity contribution is 0.0951. The van der Waals surface area contributed by atoms with Crippen LogP contribution in [0.2, 0.25) is 0 Å². The van der Waals surface area contributed by atoms with Crippen LogP contribution in [0.3, 0.4) is 0 Å². The molecule has 1 aliphatic rings. The highest BCUT2D eigenvalue weighted by molar-refractivity contribution is 5.97. The Hall–Kier alpha value is -2.89. The smallest absolute Gasteiger partial charge is 0.251 e. The zero-order valence-corrected chi connectivity index (χ0v) is 15.3. The molecule has 6 heteroatoms. The number of benzene rings is 1. The molecule has 3 N–H and O–H groups in total. The number of anilines is 1. The van der Waals surface area contributed by atoms with Gasteiger partial charge in [-0.25, -0.2) is 4.98 Å². The van der Waals surface area contributed by atoms with Crippen LogP contribution in [0.1, 0.15) is 42.6 Å². The van der Waals surface area contributed by atoms with Crippen molar-refractivity contribution < 1.29 is 4.79 Å². The third kappa shape index (κ3) is 3.27. The molecule has 0 aliphatic heterocycles. The molecular weight excluding hydrogens is 326 g/mol. The maximum Gasteiger partial charge on any atom is 0.251 e. The van der Waals surface area contributed by atoms with Gasteiger partial charge >= 0.3 is 0 Å². The molecule has 134 valence electrons. The molecular formula is C20H23N5O. The summed E-state index contributed by atoms with van der Waals surface area (Å²) in [5.41, 5.74) is 5.25. The van der Waals surface area contributed by atoms with E-state index in [-0.39, 0.29) is 5.91 Å². The predicted octanol–water partition coefficient (Wildman–Crippen LogP) is 3.65. The van der Waals surface area contributed by atoms with E-state index in [4.69, 9.17) is 4.98 Å². The van der Waals surface area contributed by atoms with Crippen molar-refractivity contribution in [2.45, 2.75) is 45.7 Å². The monoisotopic (exact) mass is 349 g/mol. The number of rotatable bonds is 5. The van der Waals surface area contributed by atoms with E-state index in [0.29, 0.717) is 17.6 Å². The summed E-state index contributed by atoms with van der Waals surface area (Å²) >= 11 is 0. The average molecular weight is 349 g/mol. The van der Waals surface area contributed by atoms with Crippen molar-refractivity contribution in [1.82, 2.24) is 20.5 Å². The second kappa shape index (κ2) is 6.44. The van der Waals surface area contributed by atoms with Crippen molar-refractivity contribution in [3.63, 3.8) is 0 Å². The van der Waals surface area contributed by atoms with Gasteiger partial charge in [0.25, 0.3) is 5.91 Å². The van der Waals surface area contributed by atoms with Gasteiger partial charge < -0.3 is 10.6 Å². The van der Waals surface area contributed by atoms with Gasteiger partial charge in [0.05, 0.1) is 17.3 Å². The van der Waals surface area contributed by atoms with E-state index in [1.807, 2.05) is 31.2 Å². The number of aryl methyl sites for hydroxylation is 1. The lowest BCUT2D eigenvalue weighted by atomic mass is 10.0. The molecule has 0 bridgehead atoms. The van der Waals surface area contributed by atoms with Crippen molar-refractivity contribution >= 4 is 22.6 Å². The molecule has 4 rings (SSSR count). The molecule has 2 aromatic heterocycles. The summed E-state index contributed by atoms with van der Waals surface area (Å²) in [6.07, 6.45) is 3.93. The number of fused-ring (bicyclic) bond motifs is 1. The van der Waals surface area contributed by atoms with Gasteiger partial charge in [-0.05, 0) is 57.4 Å². The lowest BCUT2D eigenvalue weighted by Crippen LogP contribution is -2.25. The zero-order valence-electron chi connectivity index (χ0n) is 15.3. The van der Waals surface area contributed by atoms with Gasteiger partial charge in [0.2, 0.25) is 0 Å². The SMILES string of the molecule is Cc1ccc(C(=O)NC2CC2)cc1-c1cc(NC(C)C)c2cn[nH]c2n1. The fraction of sp³-hybridized carbons (Fsp3) is 0.350. The van der Waals surface area contributed by atoms with Crippen molar-refractivity contribution in [3.8, 4) is 11.3 Å². The van der Waals surface area contributed by atoms with E-state index in [1.165, 1.54) is 0 Å². The number of aromatic amines is 1. The highest BCUT2D eigenvalue weighted by Gasteiger charge is 2.24. The van der Waals surface area contributed by atoms with Crippen molar-refractivity contribution in [2.24, 2.45) is 0 Å². The van der Waals surface area contributed by atoms with E-state index in [1.54, 1.807) is 6.20 Å². The molecule has 3 aromatic rings. The number of hydrogen-bond acceptors (Lipinski definition) is 4. The highest BCUT2D eigenvalue weighted by atomic mass is 16.1. The number of hydrogen-bond donors (Lipinski definition) is 3. The molecule has 0 unspecified atom stereocenters. The maximum absolute atomic E-state index is 12.4. The van der Waals surface area contributed by atoms with Crippen molar-refractivity contribution in [2.75, 3.05) is 5.32 Å². The van der Waals surface area contributed by atoms with E-state index in [0.717, 1.165) is 46.4 Å². The van der Waals surface area contributed by atoms with Crippen LogP contribution in [0.15, 0.2) is 30.5 Å². The summed E-state index contributed by atoms with van der Waals surface area (Å²) in [5, 5.41) is 14.5. The Morgan fingerprint density at radius 3 is 2.81 bits per heavy atom. The third-order valence-electron chi connectivity index (χ3n) is 4.56. The first-order valence-corrected chi connectivity index (χ1v) is 9.04. The lowest BCUT2D eigenvalue weighted by Gasteiger charge is -2.14. The van der Waals surface area contributed by atoms with Crippen molar-refractivity contribution in [1.29, 1.82) is 0 Å². The Bertz CT molecular complexity index is 971. The van der Waals surface area contributed by atoms with E-state index in [2.05, 4.69) is 34.7 Å². The van der Waals surface area contributed by atoms with Crippen LogP contribution in [0.25, 0.3) is 22.3 Å². The largest absolute Gasteiger partial charge is 0.382 e. The molecule has 6 nitrogen and oxygen atoms in total. The van der Waals surface area contributed by atoms with E-state index in [9.17, 15) is 4.79 Å². The number of carbonyl (C=O) groups excluding carboxylic acids is 1. The minimum atomic E-state index is -0.0168.